The number of anilines is 2. The third kappa shape index (κ3) is 2.74. The van der Waals surface area contributed by atoms with Gasteiger partial charge in [-0.05, 0) is 87.1 Å². The van der Waals surface area contributed by atoms with Gasteiger partial charge in [0.25, 0.3) is 0 Å². The van der Waals surface area contributed by atoms with Gasteiger partial charge < -0.3 is 10.2 Å². The first-order valence-electron chi connectivity index (χ1n) is 10.4. The lowest BCUT2D eigenvalue weighted by Crippen LogP contribution is -2.53. The molecule has 1 aromatic carbocycles. The van der Waals surface area contributed by atoms with Gasteiger partial charge in [-0.1, -0.05) is 0 Å². The highest BCUT2D eigenvalue weighted by Crippen LogP contribution is 2.66. The predicted molar refractivity (Wildman–Crippen MR) is 106 cm³/mol. The highest BCUT2D eigenvalue weighted by Gasteiger charge is 2.56. The molecule has 1 amide bonds. The normalized spacial score (nSPS) is 32.6. The lowest BCUT2D eigenvalue weighted by Gasteiger charge is -2.61. The number of amides is 1. The molecule has 0 radical (unpaired) electrons. The monoisotopic (exact) mass is 353 g/mol. The summed E-state index contributed by atoms with van der Waals surface area (Å²) in [6, 6.07) is 5.28. The Balaban J connectivity index is 1.28. The Morgan fingerprint density at radius 3 is 2.54 bits per heavy atom. The van der Waals surface area contributed by atoms with Crippen LogP contribution in [0.3, 0.4) is 0 Å². The van der Waals surface area contributed by atoms with E-state index in [1.165, 1.54) is 62.0 Å². The van der Waals surface area contributed by atoms with Crippen LogP contribution in [-0.4, -0.2) is 43.0 Å². The largest absolute Gasteiger partial charge is 0.369 e. The molecule has 3 saturated carbocycles. The molecule has 6 rings (SSSR count). The first kappa shape index (κ1) is 16.6. The zero-order chi connectivity index (χ0) is 17.9. The van der Waals surface area contributed by atoms with Crippen molar-refractivity contribution in [1.82, 2.24) is 4.90 Å². The van der Waals surface area contributed by atoms with E-state index in [2.05, 4.69) is 41.1 Å². The number of nitrogens with zero attached hydrogens (tertiary/aromatic N) is 2. The second kappa shape index (κ2) is 5.98. The van der Waals surface area contributed by atoms with Crippen LogP contribution < -0.4 is 10.2 Å². The van der Waals surface area contributed by atoms with E-state index < -0.39 is 0 Å². The van der Waals surface area contributed by atoms with Gasteiger partial charge in [0.15, 0.2) is 0 Å². The Hall–Kier alpha value is -1.55. The topological polar surface area (TPSA) is 35.6 Å². The zero-order valence-corrected chi connectivity index (χ0v) is 16.2. The Labute approximate surface area is 156 Å². The van der Waals surface area contributed by atoms with E-state index in [-0.39, 0.29) is 5.91 Å². The van der Waals surface area contributed by atoms with Crippen LogP contribution in [0.1, 0.15) is 49.7 Å². The molecule has 1 atom stereocenters. The molecule has 3 aliphatic carbocycles. The average molecular weight is 354 g/mol. The van der Waals surface area contributed by atoms with Crippen molar-refractivity contribution in [2.45, 2.75) is 58.4 Å². The Bertz CT molecular complexity index is 703. The number of hydrogen-bond donors (Lipinski definition) is 1. The molecule has 1 aromatic rings. The van der Waals surface area contributed by atoms with Gasteiger partial charge in [-0.2, -0.15) is 0 Å². The molecule has 5 aliphatic rings. The van der Waals surface area contributed by atoms with E-state index in [1.54, 1.807) is 0 Å². The molecule has 0 unspecified atom stereocenters. The smallest absolute Gasteiger partial charge is 0.224 e. The molecule has 1 N–H and O–H groups in total. The van der Waals surface area contributed by atoms with E-state index in [4.69, 9.17) is 0 Å². The SMILES string of the molecule is Cc1cc(N2CCN3CCC[C@H]3C2)cc(C)c1NC(=O)CC12CC(C1)C2. The van der Waals surface area contributed by atoms with E-state index >= 15 is 0 Å². The minimum absolute atomic E-state index is 0.210. The van der Waals surface area contributed by atoms with Crippen molar-refractivity contribution >= 4 is 17.3 Å². The Kier molecular flexibility index (Phi) is 3.82. The lowest BCUT2D eigenvalue weighted by molar-refractivity contribution is -0.139. The summed E-state index contributed by atoms with van der Waals surface area (Å²) in [5, 5.41) is 3.23. The molecule has 2 aliphatic heterocycles. The van der Waals surface area contributed by atoms with Gasteiger partial charge in [0.05, 0.1) is 0 Å². The molecule has 0 aromatic heterocycles. The standard InChI is InChI=1S/C22H31N3O/c1-15-8-19(25-7-6-24-5-3-4-18(24)14-25)9-16(2)21(15)23-20(26)13-22-10-17(11-22)12-22/h8-9,17-18H,3-7,10-14H2,1-2H3,(H,23,26)/t17?,18-,22?/m0/s1. The van der Waals surface area contributed by atoms with Crippen LogP contribution >= 0.6 is 0 Å². The molecular weight excluding hydrogens is 322 g/mol. The fourth-order valence-electron chi connectivity index (χ4n) is 5.94. The van der Waals surface area contributed by atoms with Gasteiger partial charge in [-0.3, -0.25) is 9.69 Å². The summed E-state index contributed by atoms with van der Waals surface area (Å²) < 4.78 is 0. The van der Waals surface area contributed by atoms with Crippen molar-refractivity contribution in [3.8, 4) is 0 Å². The van der Waals surface area contributed by atoms with E-state index in [9.17, 15) is 4.79 Å². The minimum Gasteiger partial charge on any atom is -0.369 e. The third-order valence-corrected chi connectivity index (χ3v) is 7.43. The maximum atomic E-state index is 12.5. The molecule has 4 heteroatoms. The number of fused-ring (bicyclic) bond motifs is 1. The Morgan fingerprint density at radius 2 is 1.88 bits per heavy atom. The fourth-order valence-corrected chi connectivity index (χ4v) is 5.94. The number of aryl methyl sites for hydroxylation is 2. The molecular formula is C22H31N3O. The number of rotatable bonds is 4. The molecule has 26 heavy (non-hydrogen) atoms. The van der Waals surface area contributed by atoms with Crippen LogP contribution in [0.4, 0.5) is 11.4 Å². The third-order valence-electron chi connectivity index (χ3n) is 7.43. The van der Waals surface area contributed by atoms with Crippen molar-refractivity contribution in [1.29, 1.82) is 0 Å². The lowest BCUT2D eigenvalue weighted by atomic mass is 9.43. The van der Waals surface area contributed by atoms with E-state index in [1.807, 2.05) is 0 Å². The number of nitrogens with one attached hydrogen (secondary N) is 1. The summed E-state index contributed by atoms with van der Waals surface area (Å²) >= 11 is 0. The second-order valence-electron chi connectivity index (χ2n) is 9.44. The number of hydrogen-bond acceptors (Lipinski definition) is 3. The number of benzene rings is 1. The number of carbonyl (C=O) groups excluding carboxylic acids is 1. The summed E-state index contributed by atoms with van der Waals surface area (Å²) in [5.74, 6) is 1.15. The summed E-state index contributed by atoms with van der Waals surface area (Å²) in [5.41, 5.74) is 5.12. The molecule has 140 valence electrons. The molecule has 5 fully saturated rings. The van der Waals surface area contributed by atoms with Gasteiger partial charge in [-0.15, -0.1) is 0 Å². The molecule has 2 heterocycles. The van der Waals surface area contributed by atoms with Gasteiger partial charge in [-0.25, -0.2) is 0 Å². The van der Waals surface area contributed by atoms with Gasteiger partial charge in [0.2, 0.25) is 5.91 Å². The highest BCUT2D eigenvalue weighted by molar-refractivity contribution is 5.93. The van der Waals surface area contributed by atoms with Crippen molar-refractivity contribution in [3.05, 3.63) is 23.3 Å². The molecule has 2 saturated heterocycles. The van der Waals surface area contributed by atoms with Crippen LogP contribution in [-0.2, 0) is 4.79 Å². The van der Waals surface area contributed by atoms with Crippen LogP contribution in [0, 0.1) is 25.2 Å². The van der Waals surface area contributed by atoms with Gasteiger partial charge >= 0.3 is 0 Å². The summed E-state index contributed by atoms with van der Waals surface area (Å²) in [7, 11) is 0. The van der Waals surface area contributed by atoms with Crippen molar-refractivity contribution < 1.29 is 4.79 Å². The Morgan fingerprint density at radius 1 is 1.15 bits per heavy atom. The van der Waals surface area contributed by atoms with Crippen LogP contribution in [0.25, 0.3) is 0 Å². The van der Waals surface area contributed by atoms with Crippen molar-refractivity contribution in [2.24, 2.45) is 11.3 Å². The quantitative estimate of drug-likeness (QED) is 0.896. The fraction of sp³-hybridized carbons (Fsp3) is 0.682. The van der Waals surface area contributed by atoms with E-state index in [0.29, 0.717) is 11.8 Å². The van der Waals surface area contributed by atoms with Crippen LogP contribution in [0.15, 0.2) is 12.1 Å². The zero-order valence-electron chi connectivity index (χ0n) is 16.2. The maximum Gasteiger partial charge on any atom is 0.224 e. The molecule has 0 spiro atoms. The van der Waals surface area contributed by atoms with Crippen LogP contribution in [0.2, 0.25) is 0 Å². The number of carbonyl (C=O) groups is 1. The van der Waals surface area contributed by atoms with E-state index in [0.717, 1.165) is 30.7 Å². The molecule has 4 nitrogen and oxygen atoms in total. The summed E-state index contributed by atoms with van der Waals surface area (Å²) in [4.78, 5) is 17.7. The first-order valence-corrected chi connectivity index (χ1v) is 10.4. The van der Waals surface area contributed by atoms with Crippen molar-refractivity contribution in [2.75, 3.05) is 36.4 Å². The maximum absolute atomic E-state index is 12.5. The summed E-state index contributed by atoms with van der Waals surface area (Å²) in [6.07, 6.45) is 7.25. The van der Waals surface area contributed by atoms with Crippen molar-refractivity contribution in [3.63, 3.8) is 0 Å². The second-order valence-corrected chi connectivity index (χ2v) is 9.44. The highest BCUT2D eigenvalue weighted by atomic mass is 16.1. The van der Waals surface area contributed by atoms with Crippen LogP contribution in [0.5, 0.6) is 0 Å². The summed E-state index contributed by atoms with van der Waals surface area (Å²) in [6.45, 7) is 9.00. The van der Waals surface area contributed by atoms with Gasteiger partial charge in [0, 0.05) is 43.5 Å². The predicted octanol–water partition coefficient (Wildman–Crippen LogP) is 3.72. The average Bonchev–Trinajstić information content (AvgIpc) is 3.00. The van der Waals surface area contributed by atoms with Gasteiger partial charge in [0.1, 0.15) is 0 Å². The number of piperazine rings is 1. The minimum atomic E-state index is 0.210. The first-order chi connectivity index (χ1) is 12.5. The molecule has 2 bridgehead atoms.